The molecule has 0 saturated carbocycles. The van der Waals surface area contributed by atoms with E-state index in [-0.39, 0.29) is 11.6 Å². The van der Waals surface area contributed by atoms with Crippen LogP contribution >= 0.6 is 11.6 Å². The number of aromatic nitrogens is 2. The van der Waals surface area contributed by atoms with Crippen molar-refractivity contribution in [2.45, 2.75) is 13.5 Å². The Kier molecular flexibility index (Phi) is 3.39. The summed E-state index contributed by atoms with van der Waals surface area (Å²) >= 11 is 5.97. The molecule has 0 fully saturated rings. The lowest BCUT2D eigenvalue weighted by atomic mass is 10.2. The van der Waals surface area contributed by atoms with E-state index in [4.69, 9.17) is 11.6 Å². The molecule has 1 aromatic heterocycles. The summed E-state index contributed by atoms with van der Waals surface area (Å²) in [6.07, 6.45) is 0. The number of amides is 1. The minimum atomic E-state index is -0.330. The number of hydrogen-bond donors (Lipinski definition) is 1. The molecule has 1 N–H and O–H groups in total. The highest BCUT2D eigenvalue weighted by molar-refractivity contribution is 6.31. The summed E-state index contributed by atoms with van der Waals surface area (Å²) in [7, 11) is 0. The van der Waals surface area contributed by atoms with E-state index in [1.165, 1.54) is 0 Å². The molecular formula is C11H10ClN3O2. The largest absolute Gasteiger partial charge is 0.346 e. The molecule has 0 spiro atoms. The Hall–Kier alpha value is -1.88. The smallest absolute Gasteiger partial charge is 0.275 e. The zero-order valence-corrected chi connectivity index (χ0v) is 9.86. The van der Waals surface area contributed by atoms with Crippen LogP contribution in [-0.4, -0.2) is 16.2 Å². The first kappa shape index (κ1) is 11.6. The molecule has 1 heterocycles. The summed E-state index contributed by atoms with van der Waals surface area (Å²) in [5.74, 6) is -0.330. The number of hydrogen-bond acceptors (Lipinski definition) is 4. The van der Waals surface area contributed by atoms with E-state index in [0.717, 1.165) is 5.56 Å². The van der Waals surface area contributed by atoms with Gasteiger partial charge >= 0.3 is 0 Å². The van der Waals surface area contributed by atoms with Gasteiger partial charge < -0.3 is 5.32 Å². The monoisotopic (exact) mass is 251 g/mol. The van der Waals surface area contributed by atoms with E-state index >= 15 is 0 Å². The van der Waals surface area contributed by atoms with Crippen LogP contribution in [0.25, 0.3) is 0 Å². The number of halogens is 1. The fourth-order valence-corrected chi connectivity index (χ4v) is 1.54. The topological polar surface area (TPSA) is 68.0 Å². The van der Waals surface area contributed by atoms with Gasteiger partial charge in [-0.15, -0.1) is 0 Å². The highest BCUT2D eigenvalue weighted by Gasteiger charge is 2.14. The molecule has 0 unspecified atom stereocenters. The average molecular weight is 252 g/mol. The predicted molar refractivity (Wildman–Crippen MR) is 61.7 cm³/mol. The standard InChI is InChI=1S/C11H10ClN3O2/c1-7-10(15-17-14-7)11(16)13-6-8-4-2-3-5-9(8)12/h2-5H,6H2,1H3,(H,13,16). The zero-order chi connectivity index (χ0) is 12.3. The van der Waals surface area contributed by atoms with Gasteiger partial charge in [0.05, 0.1) is 0 Å². The Morgan fingerprint density at radius 2 is 2.18 bits per heavy atom. The average Bonchev–Trinajstić information content (AvgIpc) is 2.74. The molecule has 6 heteroatoms. The maximum atomic E-state index is 11.7. The number of carbonyl (C=O) groups is 1. The van der Waals surface area contributed by atoms with E-state index in [1.54, 1.807) is 13.0 Å². The highest BCUT2D eigenvalue weighted by atomic mass is 35.5. The summed E-state index contributed by atoms with van der Waals surface area (Å²) < 4.78 is 4.46. The minimum Gasteiger partial charge on any atom is -0.346 e. The van der Waals surface area contributed by atoms with Crippen LogP contribution in [-0.2, 0) is 6.54 Å². The molecule has 17 heavy (non-hydrogen) atoms. The van der Waals surface area contributed by atoms with Crippen LogP contribution in [0.3, 0.4) is 0 Å². The molecule has 0 aliphatic heterocycles. The second kappa shape index (κ2) is 4.97. The van der Waals surface area contributed by atoms with Crippen LogP contribution in [0.15, 0.2) is 28.9 Å². The molecule has 0 radical (unpaired) electrons. The van der Waals surface area contributed by atoms with Gasteiger partial charge in [0.2, 0.25) is 0 Å². The maximum Gasteiger partial charge on any atom is 0.275 e. The molecule has 1 aromatic carbocycles. The molecule has 0 saturated heterocycles. The van der Waals surface area contributed by atoms with Crippen molar-refractivity contribution in [1.82, 2.24) is 15.6 Å². The van der Waals surface area contributed by atoms with E-state index in [9.17, 15) is 4.79 Å². The molecule has 5 nitrogen and oxygen atoms in total. The third-order valence-electron chi connectivity index (χ3n) is 2.26. The Morgan fingerprint density at radius 3 is 2.82 bits per heavy atom. The number of rotatable bonds is 3. The van der Waals surface area contributed by atoms with E-state index in [1.807, 2.05) is 18.2 Å². The van der Waals surface area contributed by atoms with Crippen LogP contribution in [0.2, 0.25) is 5.02 Å². The lowest BCUT2D eigenvalue weighted by molar-refractivity contribution is 0.0940. The first-order valence-electron chi connectivity index (χ1n) is 4.99. The van der Waals surface area contributed by atoms with Crippen molar-refractivity contribution in [1.29, 1.82) is 0 Å². The Bertz CT molecular complexity index is 539. The van der Waals surface area contributed by atoms with Crippen molar-refractivity contribution in [3.05, 3.63) is 46.2 Å². The van der Waals surface area contributed by atoms with Gasteiger partial charge in [0, 0.05) is 11.6 Å². The number of carbonyl (C=O) groups excluding carboxylic acids is 1. The number of nitrogens with zero attached hydrogens (tertiary/aromatic N) is 2. The van der Waals surface area contributed by atoms with Crippen LogP contribution in [0.5, 0.6) is 0 Å². The number of benzene rings is 1. The summed E-state index contributed by atoms with van der Waals surface area (Å²) in [5.41, 5.74) is 1.50. The molecule has 0 atom stereocenters. The summed E-state index contributed by atoms with van der Waals surface area (Å²) in [6, 6.07) is 7.30. The summed E-state index contributed by atoms with van der Waals surface area (Å²) in [5, 5.41) is 10.4. The van der Waals surface area contributed by atoms with Gasteiger partial charge in [-0.3, -0.25) is 4.79 Å². The fourth-order valence-electron chi connectivity index (χ4n) is 1.34. The highest BCUT2D eigenvalue weighted by Crippen LogP contribution is 2.14. The van der Waals surface area contributed by atoms with Gasteiger partial charge in [0.25, 0.3) is 5.91 Å². The molecular weight excluding hydrogens is 242 g/mol. The Balaban J connectivity index is 2.02. The fraction of sp³-hybridized carbons (Fsp3) is 0.182. The van der Waals surface area contributed by atoms with E-state index < -0.39 is 0 Å². The second-order valence-electron chi connectivity index (χ2n) is 3.47. The van der Waals surface area contributed by atoms with Crippen molar-refractivity contribution < 1.29 is 9.42 Å². The number of aryl methyl sites for hydroxylation is 1. The normalized spacial score (nSPS) is 10.2. The van der Waals surface area contributed by atoms with Gasteiger partial charge in [0.1, 0.15) is 5.69 Å². The quantitative estimate of drug-likeness (QED) is 0.906. The van der Waals surface area contributed by atoms with Gasteiger partial charge in [-0.05, 0) is 23.7 Å². The lowest BCUT2D eigenvalue weighted by Gasteiger charge is -2.04. The van der Waals surface area contributed by atoms with Gasteiger partial charge in [-0.2, -0.15) is 0 Å². The van der Waals surface area contributed by atoms with Crippen LogP contribution in [0.4, 0.5) is 0 Å². The zero-order valence-electron chi connectivity index (χ0n) is 9.11. The molecule has 0 aliphatic carbocycles. The molecule has 0 aliphatic rings. The minimum absolute atomic E-state index is 0.192. The molecule has 2 aromatic rings. The SMILES string of the molecule is Cc1nonc1C(=O)NCc1ccccc1Cl. The van der Waals surface area contributed by atoms with Gasteiger partial charge in [-0.25, -0.2) is 4.63 Å². The maximum absolute atomic E-state index is 11.7. The first-order chi connectivity index (χ1) is 8.18. The molecule has 88 valence electrons. The van der Waals surface area contributed by atoms with Crippen molar-refractivity contribution in [3.63, 3.8) is 0 Å². The van der Waals surface area contributed by atoms with Crippen molar-refractivity contribution in [2.24, 2.45) is 0 Å². The molecule has 2 rings (SSSR count). The molecule has 0 bridgehead atoms. The summed E-state index contributed by atoms with van der Waals surface area (Å²) in [4.78, 5) is 11.7. The molecule has 1 amide bonds. The Morgan fingerprint density at radius 1 is 1.41 bits per heavy atom. The van der Waals surface area contributed by atoms with Crippen LogP contribution in [0.1, 0.15) is 21.7 Å². The van der Waals surface area contributed by atoms with Crippen LogP contribution < -0.4 is 5.32 Å². The number of nitrogens with one attached hydrogen (secondary N) is 1. The van der Waals surface area contributed by atoms with Crippen LogP contribution in [0, 0.1) is 6.92 Å². The van der Waals surface area contributed by atoms with Crippen molar-refractivity contribution in [3.8, 4) is 0 Å². The summed E-state index contributed by atoms with van der Waals surface area (Å²) in [6.45, 7) is 1.99. The van der Waals surface area contributed by atoms with Gasteiger partial charge in [-0.1, -0.05) is 35.0 Å². The first-order valence-corrected chi connectivity index (χ1v) is 5.37. The third kappa shape index (κ3) is 2.62. The third-order valence-corrected chi connectivity index (χ3v) is 2.63. The van der Waals surface area contributed by atoms with Crippen molar-refractivity contribution in [2.75, 3.05) is 0 Å². The second-order valence-corrected chi connectivity index (χ2v) is 3.88. The lowest BCUT2D eigenvalue weighted by Crippen LogP contribution is -2.24. The Labute approximate surface area is 103 Å². The van der Waals surface area contributed by atoms with Crippen molar-refractivity contribution >= 4 is 17.5 Å². The van der Waals surface area contributed by atoms with E-state index in [2.05, 4.69) is 20.3 Å². The van der Waals surface area contributed by atoms with E-state index in [0.29, 0.717) is 17.3 Å². The van der Waals surface area contributed by atoms with Gasteiger partial charge in [0.15, 0.2) is 5.69 Å². The predicted octanol–water partition coefficient (Wildman–Crippen LogP) is 1.96.